The van der Waals surface area contributed by atoms with Crippen molar-refractivity contribution in [2.45, 2.75) is 26.4 Å². The fourth-order valence-electron chi connectivity index (χ4n) is 2.02. The van der Waals surface area contributed by atoms with Gasteiger partial charge in [0.1, 0.15) is 5.76 Å². The van der Waals surface area contributed by atoms with Gasteiger partial charge in [0.2, 0.25) is 0 Å². The Hall–Kier alpha value is -1.48. The van der Waals surface area contributed by atoms with E-state index in [1.54, 1.807) is 19.9 Å². The number of hydrogen-bond donors (Lipinski definition) is 2. The Morgan fingerprint density at radius 2 is 2.00 bits per heavy atom. The minimum Gasteiger partial charge on any atom is -0.459 e. The van der Waals surface area contributed by atoms with Gasteiger partial charge in [-0.25, -0.2) is 0 Å². The van der Waals surface area contributed by atoms with E-state index >= 15 is 0 Å². The highest BCUT2D eigenvalue weighted by atomic mass is 16.3. The van der Waals surface area contributed by atoms with Gasteiger partial charge in [-0.15, -0.1) is 0 Å². The highest BCUT2D eigenvalue weighted by Gasteiger charge is 2.25. The Morgan fingerprint density at radius 1 is 1.33 bits per heavy atom. The van der Waals surface area contributed by atoms with Crippen LogP contribution in [0.5, 0.6) is 0 Å². The third-order valence-corrected chi connectivity index (χ3v) is 2.53. The van der Waals surface area contributed by atoms with Crippen LogP contribution in [-0.4, -0.2) is 5.11 Å². The van der Waals surface area contributed by atoms with Crippen LogP contribution in [-0.2, 0) is 5.60 Å². The Labute approximate surface area is 88.5 Å². The lowest BCUT2D eigenvalue weighted by Gasteiger charge is -2.16. The molecule has 3 N–H and O–H groups in total. The molecule has 2 aromatic rings. The van der Waals surface area contributed by atoms with Crippen molar-refractivity contribution in [1.29, 1.82) is 0 Å². The molecule has 0 bridgehead atoms. The third-order valence-electron chi connectivity index (χ3n) is 2.53. The maximum absolute atomic E-state index is 10.0. The second-order valence-electron chi connectivity index (χ2n) is 4.32. The third kappa shape index (κ3) is 1.49. The number of hydrogen-bond acceptors (Lipinski definition) is 3. The van der Waals surface area contributed by atoms with Gasteiger partial charge in [0.15, 0.2) is 5.58 Å². The van der Waals surface area contributed by atoms with Crippen LogP contribution < -0.4 is 5.73 Å². The average Bonchev–Trinajstić information content (AvgIpc) is 2.41. The number of anilines is 1. The predicted molar refractivity (Wildman–Crippen MR) is 60.6 cm³/mol. The van der Waals surface area contributed by atoms with Crippen molar-refractivity contribution in [2.24, 2.45) is 0 Å². The molecular formula is C12H15NO2. The van der Waals surface area contributed by atoms with Crippen LogP contribution in [0, 0.1) is 6.92 Å². The van der Waals surface area contributed by atoms with E-state index in [1.165, 1.54) is 0 Å². The zero-order valence-electron chi connectivity index (χ0n) is 9.16. The van der Waals surface area contributed by atoms with Crippen molar-refractivity contribution >= 4 is 16.7 Å². The lowest BCUT2D eigenvalue weighted by atomic mass is 9.95. The SMILES string of the molecule is Cc1oc2c(N)cccc2c1C(C)(C)O. The van der Waals surface area contributed by atoms with Crippen LogP contribution in [0.15, 0.2) is 22.6 Å². The fraction of sp³-hybridized carbons (Fsp3) is 0.333. The van der Waals surface area contributed by atoms with Gasteiger partial charge in [-0.1, -0.05) is 12.1 Å². The van der Waals surface area contributed by atoms with Crippen molar-refractivity contribution in [1.82, 2.24) is 0 Å². The zero-order valence-corrected chi connectivity index (χ0v) is 9.16. The molecule has 3 heteroatoms. The average molecular weight is 205 g/mol. The summed E-state index contributed by atoms with van der Waals surface area (Å²) in [6.45, 7) is 5.33. The first-order valence-electron chi connectivity index (χ1n) is 4.91. The summed E-state index contributed by atoms with van der Waals surface area (Å²) in [6, 6.07) is 5.57. The number of nitrogen functional groups attached to an aromatic ring is 1. The number of rotatable bonds is 1. The molecule has 2 rings (SSSR count). The van der Waals surface area contributed by atoms with Gasteiger partial charge in [0.25, 0.3) is 0 Å². The van der Waals surface area contributed by atoms with Crippen LogP contribution >= 0.6 is 0 Å². The highest BCUT2D eigenvalue weighted by Crippen LogP contribution is 2.35. The molecule has 0 atom stereocenters. The van der Waals surface area contributed by atoms with E-state index in [-0.39, 0.29) is 0 Å². The molecule has 0 fully saturated rings. The normalized spacial score (nSPS) is 12.3. The van der Waals surface area contributed by atoms with Gasteiger partial charge >= 0.3 is 0 Å². The summed E-state index contributed by atoms with van der Waals surface area (Å²) in [7, 11) is 0. The number of furan rings is 1. The number of fused-ring (bicyclic) bond motifs is 1. The van der Waals surface area contributed by atoms with Gasteiger partial charge < -0.3 is 15.3 Å². The Balaban J connectivity index is 2.86. The van der Waals surface area contributed by atoms with Crippen molar-refractivity contribution in [3.63, 3.8) is 0 Å². The maximum Gasteiger partial charge on any atom is 0.157 e. The second-order valence-corrected chi connectivity index (χ2v) is 4.32. The lowest BCUT2D eigenvalue weighted by Crippen LogP contribution is -2.16. The summed E-state index contributed by atoms with van der Waals surface area (Å²) < 4.78 is 5.57. The van der Waals surface area contributed by atoms with Gasteiger partial charge in [-0.3, -0.25) is 0 Å². The van der Waals surface area contributed by atoms with Crippen molar-refractivity contribution in [3.05, 3.63) is 29.5 Å². The van der Waals surface area contributed by atoms with Crippen LogP contribution in [0.1, 0.15) is 25.2 Å². The molecule has 0 saturated heterocycles. The minimum absolute atomic E-state index is 0.603. The van der Waals surface area contributed by atoms with E-state index in [0.717, 1.165) is 16.7 Å². The monoisotopic (exact) mass is 205 g/mol. The van der Waals surface area contributed by atoms with E-state index in [1.807, 2.05) is 19.1 Å². The van der Waals surface area contributed by atoms with Crippen LogP contribution in [0.3, 0.4) is 0 Å². The molecule has 80 valence electrons. The Bertz CT molecular complexity index is 506. The van der Waals surface area contributed by atoms with Crippen molar-refractivity contribution < 1.29 is 9.52 Å². The standard InChI is InChI=1S/C12H15NO2/c1-7-10(12(2,3)14)8-5-4-6-9(13)11(8)15-7/h4-6,14H,13H2,1-3H3. The quantitative estimate of drug-likeness (QED) is 0.703. The van der Waals surface area contributed by atoms with E-state index in [0.29, 0.717) is 11.3 Å². The molecule has 0 radical (unpaired) electrons. The number of aliphatic hydroxyl groups is 1. The number of para-hydroxylation sites is 1. The second kappa shape index (κ2) is 3.00. The summed E-state index contributed by atoms with van der Waals surface area (Å²) in [5.41, 5.74) is 6.97. The molecular weight excluding hydrogens is 190 g/mol. The number of nitrogens with two attached hydrogens (primary N) is 1. The molecule has 1 heterocycles. The van der Waals surface area contributed by atoms with E-state index in [9.17, 15) is 5.11 Å². The summed E-state index contributed by atoms with van der Waals surface area (Å²) in [5, 5.41) is 10.9. The van der Waals surface area contributed by atoms with Gasteiger partial charge in [0, 0.05) is 10.9 Å². The summed E-state index contributed by atoms with van der Waals surface area (Å²) >= 11 is 0. The molecule has 1 aromatic heterocycles. The van der Waals surface area contributed by atoms with Gasteiger partial charge in [-0.05, 0) is 26.8 Å². The Morgan fingerprint density at radius 3 is 2.60 bits per heavy atom. The maximum atomic E-state index is 10.0. The topological polar surface area (TPSA) is 59.4 Å². The van der Waals surface area contributed by atoms with Crippen LogP contribution in [0.25, 0.3) is 11.0 Å². The van der Waals surface area contributed by atoms with Crippen molar-refractivity contribution in [2.75, 3.05) is 5.73 Å². The first-order chi connectivity index (χ1) is 6.91. The van der Waals surface area contributed by atoms with Gasteiger partial charge in [0.05, 0.1) is 11.3 Å². The molecule has 15 heavy (non-hydrogen) atoms. The first kappa shape index (κ1) is 10.1. The summed E-state index contributed by atoms with van der Waals surface area (Å²) in [5.74, 6) is 0.718. The fourth-order valence-corrected chi connectivity index (χ4v) is 2.02. The molecule has 3 nitrogen and oxygen atoms in total. The number of benzene rings is 1. The molecule has 0 spiro atoms. The van der Waals surface area contributed by atoms with Gasteiger partial charge in [-0.2, -0.15) is 0 Å². The molecule has 0 amide bonds. The lowest BCUT2D eigenvalue weighted by molar-refractivity contribution is 0.0783. The zero-order chi connectivity index (χ0) is 11.2. The summed E-state index contributed by atoms with van der Waals surface area (Å²) in [6.07, 6.45) is 0. The van der Waals surface area contributed by atoms with E-state index in [2.05, 4.69) is 0 Å². The highest BCUT2D eigenvalue weighted by molar-refractivity contribution is 5.91. The van der Waals surface area contributed by atoms with E-state index in [4.69, 9.17) is 10.2 Å². The van der Waals surface area contributed by atoms with E-state index < -0.39 is 5.60 Å². The Kier molecular flexibility index (Phi) is 2.01. The molecule has 0 aliphatic carbocycles. The molecule has 0 aliphatic rings. The summed E-state index contributed by atoms with van der Waals surface area (Å²) in [4.78, 5) is 0. The molecule has 1 aromatic carbocycles. The molecule has 0 unspecified atom stereocenters. The first-order valence-corrected chi connectivity index (χ1v) is 4.91. The number of aryl methyl sites for hydroxylation is 1. The molecule has 0 saturated carbocycles. The smallest absolute Gasteiger partial charge is 0.157 e. The molecule has 0 aliphatic heterocycles. The van der Waals surface area contributed by atoms with Crippen molar-refractivity contribution in [3.8, 4) is 0 Å². The van der Waals surface area contributed by atoms with Crippen LogP contribution in [0.4, 0.5) is 5.69 Å². The van der Waals surface area contributed by atoms with Crippen LogP contribution in [0.2, 0.25) is 0 Å². The predicted octanol–water partition coefficient (Wildman–Crippen LogP) is 2.55. The largest absolute Gasteiger partial charge is 0.459 e. The minimum atomic E-state index is -0.914.